The standard InChI is InChI=1S/C19H18N6O/c26-19(16-6-7-17-20-9-11-24(17)13-16)21-12-18-23-22-14-25(18)10-8-15-4-2-1-3-5-15/h1-7,9,11,13-14H,8,10,12H2,(H,21,26). The van der Waals surface area contributed by atoms with E-state index in [0.29, 0.717) is 12.1 Å². The fourth-order valence-electron chi connectivity index (χ4n) is 2.81. The maximum atomic E-state index is 12.4. The molecule has 0 bridgehead atoms. The van der Waals surface area contributed by atoms with Gasteiger partial charge in [0.25, 0.3) is 5.91 Å². The molecule has 1 amide bonds. The average Bonchev–Trinajstić information content (AvgIpc) is 3.33. The summed E-state index contributed by atoms with van der Waals surface area (Å²) in [5.41, 5.74) is 2.64. The molecule has 0 radical (unpaired) electrons. The summed E-state index contributed by atoms with van der Waals surface area (Å²) in [6.45, 7) is 1.10. The smallest absolute Gasteiger partial charge is 0.253 e. The lowest BCUT2D eigenvalue weighted by molar-refractivity contribution is 0.0949. The highest BCUT2D eigenvalue weighted by Gasteiger charge is 2.10. The summed E-state index contributed by atoms with van der Waals surface area (Å²) in [6.07, 6.45) is 7.86. The Morgan fingerprint density at radius 1 is 1.12 bits per heavy atom. The van der Waals surface area contributed by atoms with E-state index in [9.17, 15) is 4.79 Å². The average molecular weight is 346 g/mol. The Morgan fingerprint density at radius 2 is 2.00 bits per heavy atom. The normalized spacial score (nSPS) is 10.9. The van der Waals surface area contributed by atoms with Crippen molar-refractivity contribution in [2.75, 3.05) is 0 Å². The van der Waals surface area contributed by atoms with Crippen LogP contribution in [0.4, 0.5) is 0 Å². The number of fused-ring (bicyclic) bond motifs is 1. The Bertz CT molecular complexity index is 1020. The van der Waals surface area contributed by atoms with Crippen LogP contribution >= 0.6 is 0 Å². The van der Waals surface area contributed by atoms with Gasteiger partial charge in [-0.25, -0.2) is 4.98 Å². The number of amides is 1. The van der Waals surface area contributed by atoms with Crippen molar-refractivity contribution < 1.29 is 4.79 Å². The largest absolute Gasteiger partial charge is 0.345 e. The predicted octanol–water partition coefficient (Wildman–Crippen LogP) is 2.10. The molecule has 0 fully saturated rings. The zero-order valence-corrected chi connectivity index (χ0v) is 14.1. The lowest BCUT2D eigenvalue weighted by atomic mass is 10.1. The molecule has 4 aromatic rings. The van der Waals surface area contributed by atoms with Crippen LogP contribution in [0.1, 0.15) is 21.7 Å². The van der Waals surface area contributed by atoms with Crippen LogP contribution in [0.25, 0.3) is 5.65 Å². The van der Waals surface area contributed by atoms with Gasteiger partial charge < -0.3 is 14.3 Å². The SMILES string of the molecule is O=C(NCc1nncn1CCc1ccccc1)c1ccc2nccn2c1. The first-order valence-electron chi connectivity index (χ1n) is 8.41. The van der Waals surface area contributed by atoms with Gasteiger partial charge in [0, 0.05) is 25.1 Å². The molecule has 0 aliphatic carbocycles. The fraction of sp³-hybridized carbons (Fsp3) is 0.158. The van der Waals surface area contributed by atoms with E-state index in [0.717, 1.165) is 24.4 Å². The molecule has 0 saturated heterocycles. The third kappa shape index (κ3) is 3.46. The second kappa shape index (κ2) is 7.18. The molecule has 0 unspecified atom stereocenters. The molecule has 0 aliphatic rings. The third-order valence-electron chi connectivity index (χ3n) is 4.24. The molecule has 3 aromatic heterocycles. The van der Waals surface area contributed by atoms with Crippen molar-refractivity contribution in [3.63, 3.8) is 0 Å². The number of nitrogens with one attached hydrogen (secondary N) is 1. The summed E-state index contributed by atoms with van der Waals surface area (Å²) in [5, 5.41) is 11.0. The van der Waals surface area contributed by atoms with Crippen LogP contribution in [0.2, 0.25) is 0 Å². The number of hydrogen-bond acceptors (Lipinski definition) is 4. The Morgan fingerprint density at radius 3 is 2.88 bits per heavy atom. The van der Waals surface area contributed by atoms with Crippen molar-refractivity contribution in [1.82, 2.24) is 29.5 Å². The van der Waals surface area contributed by atoms with Crippen LogP contribution < -0.4 is 5.32 Å². The van der Waals surface area contributed by atoms with E-state index < -0.39 is 0 Å². The molecule has 0 atom stereocenters. The molecule has 0 spiro atoms. The third-order valence-corrected chi connectivity index (χ3v) is 4.24. The molecule has 26 heavy (non-hydrogen) atoms. The van der Waals surface area contributed by atoms with E-state index in [-0.39, 0.29) is 5.91 Å². The minimum atomic E-state index is -0.154. The van der Waals surface area contributed by atoms with Crippen molar-refractivity contribution in [2.45, 2.75) is 19.5 Å². The highest BCUT2D eigenvalue weighted by atomic mass is 16.1. The van der Waals surface area contributed by atoms with Crippen LogP contribution in [-0.4, -0.2) is 30.1 Å². The summed E-state index contributed by atoms with van der Waals surface area (Å²) in [4.78, 5) is 16.6. The lowest BCUT2D eigenvalue weighted by Gasteiger charge is -2.08. The van der Waals surface area contributed by atoms with Crippen LogP contribution in [0, 0.1) is 0 Å². The Labute approximate surface area is 150 Å². The van der Waals surface area contributed by atoms with Gasteiger partial charge in [-0.2, -0.15) is 0 Å². The van der Waals surface area contributed by atoms with E-state index in [1.807, 2.05) is 39.4 Å². The second-order valence-corrected chi connectivity index (χ2v) is 5.97. The zero-order valence-electron chi connectivity index (χ0n) is 14.1. The molecule has 1 aromatic carbocycles. The van der Waals surface area contributed by atoms with E-state index in [1.54, 1.807) is 24.8 Å². The highest BCUT2D eigenvalue weighted by Crippen LogP contribution is 2.06. The van der Waals surface area contributed by atoms with Crippen molar-refractivity contribution in [2.24, 2.45) is 0 Å². The molecular weight excluding hydrogens is 328 g/mol. The van der Waals surface area contributed by atoms with E-state index in [2.05, 4.69) is 32.6 Å². The zero-order chi connectivity index (χ0) is 17.8. The van der Waals surface area contributed by atoms with Crippen molar-refractivity contribution >= 4 is 11.6 Å². The first kappa shape index (κ1) is 16.0. The van der Waals surface area contributed by atoms with E-state index in [4.69, 9.17) is 0 Å². The monoisotopic (exact) mass is 346 g/mol. The first-order chi connectivity index (χ1) is 12.8. The van der Waals surface area contributed by atoms with Gasteiger partial charge in [0.2, 0.25) is 0 Å². The molecular formula is C19H18N6O. The number of aryl methyl sites for hydroxylation is 2. The number of hydrogen-bond donors (Lipinski definition) is 1. The highest BCUT2D eigenvalue weighted by molar-refractivity contribution is 5.94. The first-order valence-corrected chi connectivity index (χ1v) is 8.41. The number of rotatable bonds is 6. The molecule has 130 valence electrons. The number of benzene rings is 1. The van der Waals surface area contributed by atoms with Crippen molar-refractivity contribution in [3.05, 3.63) is 84.3 Å². The van der Waals surface area contributed by atoms with Crippen LogP contribution in [0.3, 0.4) is 0 Å². The Hall–Kier alpha value is -3.48. The molecule has 4 rings (SSSR count). The van der Waals surface area contributed by atoms with Crippen LogP contribution in [-0.2, 0) is 19.5 Å². The quantitative estimate of drug-likeness (QED) is 0.580. The second-order valence-electron chi connectivity index (χ2n) is 5.97. The summed E-state index contributed by atoms with van der Waals surface area (Å²) in [7, 11) is 0. The summed E-state index contributed by atoms with van der Waals surface area (Å²) >= 11 is 0. The van der Waals surface area contributed by atoms with Gasteiger partial charge in [-0.3, -0.25) is 4.79 Å². The molecule has 7 nitrogen and oxygen atoms in total. The van der Waals surface area contributed by atoms with Gasteiger partial charge in [-0.1, -0.05) is 30.3 Å². The van der Waals surface area contributed by atoms with Gasteiger partial charge in [-0.15, -0.1) is 10.2 Å². The number of carbonyl (C=O) groups excluding carboxylic acids is 1. The maximum Gasteiger partial charge on any atom is 0.253 e. The summed E-state index contributed by atoms with van der Waals surface area (Å²) < 4.78 is 3.78. The fourth-order valence-corrected chi connectivity index (χ4v) is 2.81. The summed E-state index contributed by atoms with van der Waals surface area (Å²) in [6, 6.07) is 13.8. The topological polar surface area (TPSA) is 77.1 Å². The minimum absolute atomic E-state index is 0.154. The lowest BCUT2D eigenvalue weighted by Crippen LogP contribution is -2.25. The summed E-state index contributed by atoms with van der Waals surface area (Å²) in [5.74, 6) is 0.580. The van der Waals surface area contributed by atoms with Crippen LogP contribution in [0.5, 0.6) is 0 Å². The number of nitrogens with zero attached hydrogens (tertiary/aromatic N) is 5. The van der Waals surface area contributed by atoms with Gasteiger partial charge in [0.15, 0.2) is 5.82 Å². The van der Waals surface area contributed by atoms with Gasteiger partial charge in [-0.05, 0) is 24.1 Å². The van der Waals surface area contributed by atoms with Crippen molar-refractivity contribution in [1.29, 1.82) is 0 Å². The molecule has 3 heterocycles. The number of carbonyl (C=O) groups is 1. The van der Waals surface area contributed by atoms with Gasteiger partial charge in [0.05, 0.1) is 12.1 Å². The number of aromatic nitrogens is 5. The molecule has 0 aliphatic heterocycles. The van der Waals surface area contributed by atoms with E-state index >= 15 is 0 Å². The van der Waals surface area contributed by atoms with Crippen molar-refractivity contribution in [3.8, 4) is 0 Å². The molecule has 1 N–H and O–H groups in total. The van der Waals surface area contributed by atoms with Crippen LogP contribution in [0.15, 0.2) is 67.4 Å². The Kier molecular flexibility index (Phi) is 4.42. The van der Waals surface area contributed by atoms with Gasteiger partial charge >= 0.3 is 0 Å². The Balaban J connectivity index is 1.38. The number of pyridine rings is 1. The minimum Gasteiger partial charge on any atom is -0.345 e. The molecule has 7 heteroatoms. The molecule has 0 saturated carbocycles. The predicted molar refractivity (Wildman–Crippen MR) is 96.5 cm³/mol. The number of imidazole rings is 1. The van der Waals surface area contributed by atoms with E-state index in [1.165, 1.54) is 5.56 Å². The maximum absolute atomic E-state index is 12.4. The van der Waals surface area contributed by atoms with Gasteiger partial charge in [0.1, 0.15) is 12.0 Å².